The standard InChI is InChI=1S/C12H19NO6/c1-8(15)18-10-7-11(17)13(5-3-4-6-14)12(10)19-9(2)16/h10,12,14H,3-7H2,1-2H3/t10-,12+/m0/s1. The molecule has 0 spiro atoms. The Kier molecular flexibility index (Phi) is 5.75. The first-order valence-electron chi connectivity index (χ1n) is 6.20. The minimum atomic E-state index is -0.868. The van der Waals surface area contributed by atoms with Crippen molar-refractivity contribution in [2.75, 3.05) is 13.2 Å². The van der Waals surface area contributed by atoms with Gasteiger partial charge in [0.15, 0.2) is 6.10 Å². The van der Waals surface area contributed by atoms with Gasteiger partial charge in [-0.2, -0.15) is 0 Å². The van der Waals surface area contributed by atoms with Crippen molar-refractivity contribution in [2.24, 2.45) is 0 Å². The quantitative estimate of drug-likeness (QED) is 0.532. The molecule has 1 heterocycles. The molecule has 0 bridgehead atoms. The molecule has 0 aromatic carbocycles. The molecule has 19 heavy (non-hydrogen) atoms. The molecule has 1 aliphatic rings. The lowest BCUT2D eigenvalue weighted by Gasteiger charge is -2.26. The molecule has 0 aliphatic carbocycles. The van der Waals surface area contributed by atoms with E-state index in [9.17, 15) is 14.4 Å². The minimum Gasteiger partial charge on any atom is -0.456 e. The molecule has 1 N–H and O–H groups in total. The maximum absolute atomic E-state index is 11.8. The number of nitrogens with zero attached hydrogens (tertiary/aromatic N) is 1. The van der Waals surface area contributed by atoms with Gasteiger partial charge in [0.2, 0.25) is 12.1 Å². The maximum atomic E-state index is 11.8. The van der Waals surface area contributed by atoms with E-state index in [1.807, 2.05) is 0 Å². The van der Waals surface area contributed by atoms with Crippen LogP contribution in [0.25, 0.3) is 0 Å². The second-order valence-corrected chi connectivity index (χ2v) is 4.37. The predicted molar refractivity (Wildman–Crippen MR) is 63.8 cm³/mol. The van der Waals surface area contributed by atoms with Crippen molar-refractivity contribution in [3.8, 4) is 0 Å². The van der Waals surface area contributed by atoms with Crippen LogP contribution in [0.15, 0.2) is 0 Å². The maximum Gasteiger partial charge on any atom is 0.304 e. The zero-order valence-electron chi connectivity index (χ0n) is 11.1. The summed E-state index contributed by atoms with van der Waals surface area (Å²) in [5, 5.41) is 8.73. The van der Waals surface area contributed by atoms with Crippen LogP contribution in [0.3, 0.4) is 0 Å². The van der Waals surface area contributed by atoms with E-state index in [0.717, 1.165) is 0 Å². The van der Waals surface area contributed by atoms with E-state index in [1.54, 1.807) is 0 Å². The summed E-state index contributed by atoms with van der Waals surface area (Å²) < 4.78 is 10.1. The van der Waals surface area contributed by atoms with Gasteiger partial charge >= 0.3 is 11.9 Å². The zero-order valence-corrected chi connectivity index (χ0v) is 11.1. The van der Waals surface area contributed by atoms with Gasteiger partial charge in [0, 0.05) is 27.0 Å². The fraction of sp³-hybridized carbons (Fsp3) is 0.750. The summed E-state index contributed by atoms with van der Waals surface area (Å²) >= 11 is 0. The van der Waals surface area contributed by atoms with E-state index in [2.05, 4.69) is 0 Å². The number of hydrogen-bond donors (Lipinski definition) is 1. The highest BCUT2D eigenvalue weighted by Crippen LogP contribution is 2.24. The van der Waals surface area contributed by atoms with Crippen LogP contribution in [0, 0.1) is 0 Å². The number of ether oxygens (including phenoxy) is 2. The first-order valence-corrected chi connectivity index (χ1v) is 6.20. The Morgan fingerprint density at radius 3 is 2.42 bits per heavy atom. The fourth-order valence-corrected chi connectivity index (χ4v) is 2.00. The molecule has 1 saturated heterocycles. The van der Waals surface area contributed by atoms with Gasteiger partial charge in [0.25, 0.3) is 0 Å². The first-order chi connectivity index (χ1) is 8.95. The predicted octanol–water partition coefficient (Wildman–Crippen LogP) is -0.188. The van der Waals surface area contributed by atoms with Gasteiger partial charge in [-0.3, -0.25) is 14.4 Å². The largest absolute Gasteiger partial charge is 0.456 e. The fourth-order valence-electron chi connectivity index (χ4n) is 2.00. The molecule has 2 atom stereocenters. The Hall–Kier alpha value is -1.63. The van der Waals surface area contributed by atoms with E-state index >= 15 is 0 Å². The molecular formula is C12H19NO6. The lowest BCUT2D eigenvalue weighted by molar-refractivity contribution is -0.173. The van der Waals surface area contributed by atoms with Crippen LogP contribution in [0.1, 0.15) is 33.1 Å². The van der Waals surface area contributed by atoms with Crippen LogP contribution in [0.5, 0.6) is 0 Å². The number of carbonyl (C=O) groups excluding carboxylic acids is 3. The van der Waals surface area contributed by atoms with Crippen molar-refractivity contribution in [3.05, 3.63) is 0 Å². The number of amides is 1. The number of likely N-dealkylation sites (tertiary alicyclic amines) is 1. The van der Waals surface area contributed by atoms with E-state index < -0.39 is 24.3 Å². The van der Waals surface area contributed by atoms with Crippen molar-refractivity contribution < 1.29 is 29.0 Å². The average molecular weight is 273 g/mol. The number of carbonyl (C=O) groups is 3. The smallest absolute Gasteiger partial charge is 0.304 e. The van der Waals surface area contributed by atoms with Crippen LogP contribution >= 0.6 is 0 Å². The van der Waals surface area contributed by atoms with E-state index in [0.29, 0.717) is 19.4 Å². The van der Waals surface area contributed by atoms with Crippen LogP contribution in [0.2, 0.25) is 0 Å². The van der Waals surface area contributed by atoms with Crippen LogP contribution in [-0.4, -0.2) is 53.3 Å². The van der Waals surface area contributed by atoms with Crippen LogP contribution in [-0.2, 0) is 23.9 Å². The summed E-state index contributed by atoms with van der Waals surface area (Å²) in [6, 6.07) is 0. The van der Waals surface area contributed by atoms with Crippen LogP contribution in [0.4, 0.5) is 0 Å². The van der Waals surface area contributed by atoms with Gasteiger partial charge in [-0.15, -0.1) is 0 Å². The molecule has 0 saturated carbocycles. The lowest BCUT2D eigenvalue weighted by atomic mass is 10.3. The van der Waals surface area contributed by atoms with Gasteiger partial charge in [0.05, 0.1) is 6.42 Å². The SMILES string of the molecule is CC(=O)O[C@H]1CC(=O)N(CCCCO)[C@@H]1OC(C)=O. The average Bonchev–Trinajstić information content (AvgIpc) is 2.55. The summed E-state index contributed by atoms with van der Waals surface area (Å²) in [7, 11) is 0. The molecule has 1 rings (SSSR count). The van der Waals surface area contributed by atoms with Gasteiger partial charge in [0.1, 0.15) is 0 Å². The molecule has 1 amide bonds. The second-order valence-electron chi connectivity index (χ2n) is 4.37. The van der Waals surface area contributed by atoms with E-state index in [-0.39, 0.29) is 18.9 Å². The Bertz CT molecular complexity index is 356. The van der Waals surface area contributed by atoms with Crippen molar-refractivity contribution in [1.82, 2.24) is 4.90 Å². The Balaban J connectivity index is 2.71. The summed E-state index contributed by atoms with van der Waals surface area (Å²) in [4.78, 5) is 35.3. The number of esters is 2. The highest BCUT2D eigenvalue weighted by atomic mass is 16.6. The van der Waals surface area contributed by atoms with Gasteiger partial charge in [-0.25, -0.2) is 0 Å². The van der Waals surface area contributed by atoms with Gasteiger partial charge in [-0.1, -0.05) is 0 Å². The molecule has 0 aromatic heterocycles. The second kappa shape index (κ2) is 7.08. The van der Waals surface area contributed by atoms with Crippen molar-refractivity contribution in [1.29, 1.82) is 0 Å². The van der Waals surface area contributed by atoms with Crippen molar-refractivity contribution in [3.63, 3.8) is 0 Å². The molecule has 0 unspecified atom stereocenters. The molecule has 7 heteroatoms. The Labute approximate surface area is 111 Å². The number of hydrogen-bond acceptors (Lipinski definition) is 6. The molecule has 7 nitrogen and oxygen atoms in total. The molecule has 0 aromatic rings. The van der Waals surface area contributed by atoms with Gasteiger partial charge < -0.3 is 19.5 Å². The van der Waals surface area contributed by atoms with Crippen LogP contribution < -0.4 is 0 Å². The summed E-state index contributed by atoms with van der Waals surface area (Å²) in [6.45, 7) is 2.87. The van der Waals surface area contributed by atoms with E-state index in [4.69, 9.17) is 14.6 Å². The third kappa shape index (κ3) is 4.51. The normalized spacial score (nSPS) is 22.5. The molecule has 0 radical (unpaired) electrons. The van der Waals surface area contributed by atoms with Crippen molar-refractivity contribution >= 4 is 17.8 Å². The Morgan fingerprint density at radius 1 is 1.26 bits per heavy atom. The molecular weight excluding hydrogens is 254 g/mol. The third-order valence-electron chi connectivity index (χ3n) is 2.73. The lowest BCUT2D eigenvalue weighted by Crippen LogP contribution is -2.42. The van der Waals surface area contributed by atoms with E-state index in [1.165, 1.54) is 18.7 Å². The Morgan fingerprint density at radius 2 is 1.89 bits per heavy atom. The van der Waals surface area contributed by atoms with Crippen molar-refractivity contribution in [2.45, 2.75) is 45.4 Å². The summed E-state index contributed by atoms with van der Waals surface area (Å²) in [5.74, 6) is -1.29. The summed E-state index contributed by atoms with van der Waals surface area (Å²) in [5.41, 5.74) is 0. The highest BCUT2D eigenvalue weighted by molar-refractivity contribution is 5.81. The number of unbranched alkanes of at least 4 members (excludes halogenated alkanes) is 1. The van der Waals surface area contributed by atoms with Gasteiger partial charge in [-0.05, 0) is 12.8 Å². The number of rotatable bonds is 6. The summed E-state index contributed by atoms with van der Waals surface area (Å²) in [6.07, 6.45) is -0.478. The third-order valence-corrected chi connectivity index (χ3v) is 2.73. The highest BCUT2D eigenvalue weighted by Gasteiger charge is 2.43. The zero-order chi connectivity index (χ0) is 14.4. The topological polar surface area (TPSA) is 93.1 Å². The first kappa shape index (κ1) is 15.4. The monoisotopic (exact) mass is 273 g/mol. The number of aliphatic hydroxyl groups excluding tert-OH is 1. The molecule has 108 valence electrons. The molecule has 1 aliphatic heterocycles. The molecule has 1 fully saturated rings. The minimum absolute atomic E-state index is 0.0106. The number of aliphatic hydroxyl groups is 1.